The topological polar surface area (TPSA) is 61.8 Å². The average Bonchev–Trinajstić information content (AvgIpc) is 2.49. The molecule has 1 aliphatic heterocycles. The van der Waals surface area contributed by atoms with Crippen molar-refractivity contribution < 1.29 is 8.42 Å². The Balaban J connectivity index is 2.79. The summed E-state index contributed by atoms with van der Waals surface area (Å²) in [6, 6.07) is 0. The molecule has 5 nitrogen and oxygen atoms in total. The van der Waals surface area contributed by atoms with E-state index in [1.165, 1.54) is 19.3 Å². The Bertz CT molecular complexity index is 486. The summed E-state index contributed by atoms with van der Waals surface area (Å²) in [6.45, 7) is 12.8. The molecule has 1 heterocycles. The molecule has 0 spiro atoms. The lowest BCUT2D eigenvalue weighted by Crippen LogP contribution is -2.57. The Morgan fingerprint density at radius 1 is 1.30 bits per heavy atom. The van der Waals surface area contributed by atoms with E-state index in [4.69, 9.17) is 4.99 Å². The molecule has 23 heavy (non-hydrogen) atoms. The van der Waals surface area contributed by atoms with Gasteiger partial charge in [-0.25, -0.2) is 8.42 Å². The van der Waals surface area contributed by atoms with E-state index in [9.17, 15) is 8.42 Å². The van der Waals surface area contributed by atoms with E-state index in [2.05, 4.69) is 31.0 Å². The molecule has 0 bridgehead atoms. The normalized spacial score (nSPS) is 22.0. The smallest absolute Gasteiger partial charge is 0.194 e. The van der Waals surface area contributed by atoms with Gasteiger partial charge in [0.15, 0.2) is 15.8 Å². The number of aliphatic imine (C=N–C) groups is 1. The van der Waals surface area contributed by atoms with Gasteiger partial charge in [0.2, 0.25) is 0 Å². The van der Waals surface area contributed by atoms with Gasteiger partial charge in [0.25, 0.3) is 0 Å². The van der Waals surface area contributed by atoms with Gasteiger partial charge in [-0.05, 0) is 33.1 Å². The Morgan fingerprint density at radius 2 is 2.00 bits per heavy atom. The third-order valence-corrected chi connectivity index (χ3v) is 7.25. The van der Waals surface area contributed by atoms with Crippen molar-refractivity contribution in [1.29, 1.82) is 0 Å². The molecule has 1 rings (SSSR count). The lowest BCUT2D eigenvalue weighted by atomic mass is 10.00. The zero-order valence-corrected chi connectivity index (χ0v) is 16.4. The third kappa shape index (κ3) is 5.66. The second-order valence-electron chi connectivity index (χ2n) is 7.11. The first-order valence-electron chi connectivity index (χ1n) is 9.03. The molecule has 1 saturated heterocycles. The fourth-order valence-corrected chi connectivity index (χ4v) is 4.25. The van der Waals surface area contributed by atoms with Crippen LogP contribution < -0.4 is 5.32 Å². The SMILES string of the molecule is CCCCC(CC)CN=C(NCC)N1CCS(=O)(=O)C(C)(C)C1. The summed E-state index contributed by atoms with van der Waals surface area (Å²) < 4.78 is 23.6. The maximum absolute atomic E-state index is 12.2. The van der Waals surface area contributed by atoms with Gasteiger partial charge in [-0.1, -0.05) is 33.1 Å². The molecule has 0 aromatic rings. The number of hydrogen-bond donors (Lipinski definition) is 1. The minimum absolute atomic E-state index is 0.206. The molecule has 0 amide bonds. The maximum Gasteiger partial charge on any atom is 0.194 e. The van der Waals surface area contributed by atoms with Gasteiger partial charge in [0.1, 0.15) is 0 Å². The van der Waals surface area contributed by atoms with Crippen LogP contribution in [0.5, 0.6) is 0 Å². The summed E-state index contributed by atoms with van der Waals surface area (Å²) in [6.07, 6.45) is 4.83. The van der Waals surface area contributed by atoms with E-state index >= 15 is 0 Å². The van der Waals surface area contributed by atoms with Crippen LogP contribution in [0.15, 0.2) is 4.99 Å². The molecule has 136 valence electrons. The van der Waals surface area contributed by atoms with E-state index in [0.717, 1.165) is 25.5 Å². The largest absolute Gasteiger partial charge is 0.357 e. The van der Waals surface area contributed by atoms with E-state index < -0.39 is 14.6 Å². The highest BCUT2D eigenvalue weighted by molar-refractivity contribution is 7.92. The maximum atomic E-state index is 12.2. The van der Waals surface area contributed by atoms with Gasteiger partial charge in [-0.15, -0.1) is 0 Å². The van der Waals surface area contributed by atoms with Crippen LogP contribution in [0, 0.1) is 5.92 Å². The summed E-state index contributed by atoms with van der Waals surface area (Å²) in [5, 5.41) is 3.33. The van der Waals surface area contributed by atoms with Gasteiger partial charge < -0.3 is 10.2 Å². The number of rotatable bonds is 7. The van der Waals surface area contributed by atoms with Crippen LogP contribution in [-0.4, -0.2) is 56.0 Å². The van der Waals surface area contributed by atoms with Crippen LogP contribution in [0.25, 0.3) is 0 Å². The van der Waals surface area contributed by atoms with Crippen molar-refractivity contribution in [2.24, 2.45) is 10.9 Å². The fraction of sp³-hybridized carbons (Fsp3) is 0.941. The zero-order valence-electron chi connectivity index (χ0n) is 15.6. The predicted molar refractivity (Wildman–Crippen MR) is 98.7 cm³/mol. The highest BCUT2D eigenvalue weighted by atomic mass is 32.2. The molecule has 6 heteroatoms. The molecular weight excluding hydrogens is 310 g/mol. The van der Waals surface area contributed by atoms with Crippen molar-refractivity contribution in [3.63, 3.8) is 0 Å². The first-order valence-corrected chi connectivity index (χ1v) is 10.7. The van der Waals surface area contributed by atoms with Crippen LogP contribution >= 0.6 is 0 Å². The minimum atomic E-state index is -3.01. The van der Waals surface area contributed by atoms with E-state index in [0.29, 0.717) is 19.0 Å². The second-order valence-corrected chi connectivity index (χ2v) is 9.85. The Labute approximate surface area is 142 Å². The Kier molecular flexibility index (Phi) is 7.84. The summed E-state index contributed by atoms with van der Waals surface area (Å²) >= 11 is 0. The number of guanidine groups is 1. The zero-order chi connectivity index (χ0) is 17.5. The van der Waals surface area contributed by atoms with Crippen molar-refractivity contribution in [2.75, 3.05) is 31.9 Å². The van der Waals surface area contributed by atoms with Crippen LogP contribution in [0.1, 0.15) is 60.3 Å². The standard InChI is InChI=1S/C17H35N3O2S/c1-6-9-10-15(7-2)13-19-16(18-8-3)20-11-12-23(21,22)17(4,5)14-20/h15H,6-14H2,1-5H3,(H,18,19). The summed E-state index contributed by atoms with van der Waals surface area (Å²) in [4.78, 5) is 6.92. The van der Waals surface area contributed by atoms with E-state index in [-0.39, 0.29) is 5.75 Å². The van der Waals surface area contributed by atoms with Crippen molar-refractivity contribution in [1.82, 2.24) is 10.2 Å². The molecule has 1 atom stereocenters. The van der Waals surface area contributed by atoms with Gasteiger partial charge in [-0.2, -0.15) is 0 Å². The lowest BCUT2D eigenvalue weighted by molar-refractivity contribution is 0.351. The molecule has 0 aliphatic carbocycles. The monoisotopic (exact) mass is 345 g/mol. The van der Waals surface area contributed by atoms with Crippen molar-refractivity contribution in [3.8, 4) is 0 Å². The highest BCUT2D eigenvalue weighted by Crippen LogP contribution is 2.24. The fourth-order valence-electron chi connectivity index (χ4n) is 2.88. The summed E-state index contributed by atoms with van der Waals surface area (Å²) in [5.41, 5.74) is 0. The Hall–Kier alpha value is -0.780. The molecular formula is C17H35N3O2S. The molecule has 1 N–H and O–H groups in total. The van der Waals surface area contributed by atoms with Crippen molar-refractivity contribution in [3.05, 3.63) is 0 Å². The first-order chi connectivity index (χ1) is 10.8. The van der Waals surface area contributed by atoms with E-state index in [1.807, 2.05) is 13.8 Å². The number of nitrogens with zero attached hydrogens (tertiary/aromatic N) is 2. The summed E-state index contributed by atoms with van der Waals surface area (Å²) in [5.74, 6) is 1.69. The lowest BCUT2D eigenvalue weighted by Gasteiger charge is -2.39. The van der Waals surface area contributed by atoms with Gasteiger partial charge in [0, 0.05) is 26.2 Å². The molecule has 1 fully saturated rings. The van der Waals surface area contributed by atoms with Gasteiger partial charge >= 0.3 is 0 Å². The number of unbranched alkanes of at least 4 members (excludes halogenated alkanes) is 1. The minimum Gasteiger partial charge on any atom is -0.357 e. The van der Waals surface area contributed by atoms with E-state index in [1.54, 1.807) is 0 Å². The molecule has 0 aromatic heterocycles. The van der Waals surface area contributed by atoms with Crippen LogP contribution in [0.3, 0.4) is 0 Å². The average molecular weight is 346 g/mol. The second kappa shape index (κ2) is 8.90. The molecule has 1 unspecified atom stereocenters. The quantitative estimate of drug-likeness (QED) is 0.569. The van der Waals surface area contributed by atoms with Crippen LogP contribution in [0.4, 0.5) is 0 Å². The summed E-state index contributed by atoms with van der Waals surface area (Å²) in [7, 11) is -3.01. The van der Waals surface area contributed by atoms with Crippen molar-refractivity contribution >= 4 is 15.8 Å². The highest BCUT2D eigenvalue weighted by Gasteiger charge is 2.40. The third-order valence-electron chi connectivity index (χ3n) is 4.72. The predicted octanol–water partition coefficient (Wildman–Crippen LogP) is 2.68. The molecule has 1 aliphatic rings. The Morgan fingerprint density at radius 3 is 2.52 bits per heavy atom. The van der Waals surface area contributed by atoms with Crippen LogP contribution in [-0.2, 0) is 9.84 Å². The first kappa shape index (κ1) is 20.3. The number of hydrogen-bond acceptors (Lipinski definition) is 3. The van der Waals surface area contributed by atoms with Gasteiger partial charge in [0.05, 0.1) is 10.5 Å². The molecule has 0 saturated carbocycles. The van der Waals surface area contributed by atoms with Gasteiger partial charge in [-0.3, -0.25) is 4.99 Å². The number of nitrogens with one attached hydrogen (secondary N) is 1. The van der Waals surface area contributed by atoms with Crippen molar-refractivity contribution in [2.45, 2.75) is 65.0 Å². The van der Waals surface area contributed by atoms with Crippen LogP contribution in [0.2, 0.25) is 0 Å². The molecule has 0 radical (unpaired) electrons. The number of sulfone groups is 1. The molecule has 0 aromatic carbocycles.